The molecule has 0 aliphatic heterocycles. The number of carbonyl (C=O) groups is 1. The summed E-state index contributed by atoms with van der Waals surface area (Å²) in [4.78, 5) is 12.2. The Bertz CT molecular complexity index is 681. The van der Waals surface area contributed by atoms with E-state index in [0.717, 1.165) is 17.9 Å². The molecule has 0 radical (unpaired) electrons. The number of aryl methyl sites for hydroxylation is 2. The lowest BCUT2D eigenvalue weighted by molar-refractivity contribution is -0.121. The molecule has 128 valence electrons. The topological polar surface area (TPSA) is 50.4 Å². The molecule has 0 aliphatic rings. The highest BCUT2D eigenvalue weighted by Crippen LogP contribution is 2.15. The molecule has 1 amide bonds. The number of carbonyl (C=O) groups excluding carboxylic acids is 1. The normalized spacial score (nSPS) is 11.7. The molecular formula is C20H26N2O2. The second-order valence-corrected chi connectivity index (χ2v) is 6.05. The van der Waals surface area contributed by atoms with Gasteiger partial charge in [0, 0.05) is 12.2 Å². The van der Waals surface area contributed by atoms with Crippen LogP contribution in [0.4, 0.5) is 5.69 Å². The predicted octanol–water partition coefficient (Wildman–Crippen LogP) is 3.47. The maximum Gasteiger partial charge on any atom is 0.242 e. The molecule has 0 heterocycles. The van der Waals surface area contributed by atoms with Crippen molar-refractivity contribution in [3.8, 4) is 5.75 Å². The molecule has 2 rings (SSSR count). The first-order valence-corrected chi connectivity index (χ1v) is 8.24. The van der Waals surface area contributed by atoms with Crippen LogP contribution in [0, 0.1) is 13.8 Å². The lowest BCUT2D eigenvalue weighted by atomic mass is 10.1. The third-order valence-corrected chi connectivity index (χ3v) is 4.16. The summed E-state index contributed by atoms with van der Waals surface area (Å²) in [6.07, 6.45) is 0.798. The van der Waals surface area contributed by atoms with Gasteiger partial charge in [0.15, 0.2) is 0 Å². The third-order valence-electron chi connectivity index (χ3n) is 4.16. The van der Waals surface area contributed by atoms with Crippen LogP contribution in [-0.2, 0) is 11.2 Å². The fourth-order valence-electron chi connectivity index (χ4n) is 2.42. The minimum atomic E-state index is -0.275. The van der Waals surface area contributed by atoms with Crippen LogP contribution >= 0.6 is 0 Å². The SMILES string of the molecule is COc1ccc(CCNC(=O)[C@H](C)Nc2ccc(C)c(C)c2)cc1. The first kappa shape index (κ1) is 17.9. The molecule has 1 atom stereocenters. The quantitative estimate of drug-likeness (QED) is 0.819. The van der Waals surface area contributed by atoms with E-state index in [0.29, 0.717) is 6.54 Å². The van der Waals surface area contributed by atoms with Crippen molar-refractivity contribution in [2.75, 3.05) is 19.0 Å². The molecule has 0 spiro atoms. The highest BCUT2D eigenvalue weighted by Gasteiger charge is 2.12. The van der Waals surface area contributed by atoms with Gasteiger partial charge in [-0.25, -0.2) is 0 Å². The minimum Gasteiger partial charge on any atom is -0.497 e. The van der Waals surface area contributed by atoms with Gasteiger partial charge >= 0.3 is 0 Å². The highest BCUT2D eigenvalue weighted by atomic mass is 16.5. The Balaban J connectivity index is 1.79. The average molecular weight is 326 g/mol. The van der Waals surface area contributed by atoms with Crippen LogP contribution in [0.25, 0.3) is 0 Å². The Morgan fingerprint density at radius 1 is 1.08 bits per heavy atom. The third kappa shape index (κ3) is 5.01. The number of amides is 1. The lowest BCUT2D eigenvalue weighted by Gasteiger charge is -2.16. The number of methoxy groups -OCH3 is 1. The molecule has 2 aromatic rings. The molecule has 0 fully saturated rings. The monoisotopic (exact) mass is 326 g/mol. The number of benzene rings is 2. The minimum absolute atomic E-state index is 0.00161. The molecule has 0 aliphatic carbocycles. The number of ether oxygens (including phenoxy) is 1. The maximum absolute atomic E-state index is 12.2. The Morgan fingerprint density at radius 2 is 1.79 bits per heavy atom. The van der Waals surface area contributed by atoms with Gasteiger partial charge < -0.3 is 15.4 Å². The van der Waals surface area contributed by atoms with Crippen molar-refractivity contribution in [3.63, 3.8) is 0 Å². The molecule has 2 aromatic carbocycles. The van der Waals surface area contributed by atoms with Crippen molar-refractivity contribution in [3.05, 3.63) is 59.2 Å². The molecule has 4 heteroatoms. The van der Waals surface area contributed by atoms with Crippen LogP contribution in [0.1, 0.15) is 23.6 Å². The lowest BCUT2D eigenvalue weighted by Crippen LogP contribution is -2.38. The molecule has 0 saturated heterocycles. The average Bonchev–Trinajstić information content (AvgIpc) is 2.58. The second-order valence-electron chi connectivity index (χ2n) is 6.05. The van der Waals surface area contributed by atoms with Crippen molar-refractivity contribution in [1.82, 2.24) is 5.32 Å². The van der Waals surface area contributed by atoms with Crippen molar-refractivity contribution < 1.29 is 9.53 Å². The fraction of sp³-hybridized carbons (Fsp3) is 0.350. The number of hydrogen-bond acceptors (Lipinski definition) is 3. The van der Waals surface area contributed by atoms with E-state index in [1.165, 1.54) is 16.7 Å². The van der Waals surface area contributed by atoms with E-state index in [2.05, 4.69) is 36.6 Å². The molecule has 0 unspecified atom stereocenters. The molecule has 24 heavy (non-hydrogen) atoms. The molecule has 0 bridgehead atoms. The van der Waals surface area contributed by atoms with E-state index in [1.807, 2.05) is 37.3 Å². The maximum atomic E-state index is 12.2. The van der Waals surface area contributed by atoms with Crippen LogP contribution in [0.3, 0.4) is 0 Å². The predicted molar refractivity (Wildman–Crippen MR) is 98.7 cm³/mol. The molecule has 2 N–H and O–H groups in total. The van der Waals surface area contributed by atoms with Gasteiger partial charge in [0.2, 0.25) is 5.91 Å². The van der Waals surface area contributed by atoms with Crippen LogP contribution in [0.15, 0.2) is 42.5 Å². The summed E-state index contributed by atoms with van der Waals surface area (Å²) in [5.41, 5.74) is 4.60. The van der Waals surface area contributed by atoms with Crippen molar-refractivity contribution in [2.45, 2.75) is 33.2 Å². The molecule has 0 saturated carbocycles. The van der Waals surface area contributed by atoms with Crippen molar-refractivity contribution >= 4 is 11.6 Å². The first-order chi connectivity index (χ1) is 11.5. The zero-order chi connectivity index (χ0) is 17.5. The summed E-state index contributed by atoms with van der Waals surface area (Å²) >= 11 is 0. The molecule has 0 aromatic heterocycles. The summed E-state index contributed by atoms with van der Waals surface area (Å²) in [5, 5.41) is 6.22. The number of anilines is 1. The fourth-order valence-corrected chi connectivity index (χ4v) is 2.42. The van der Waals surface area contributed by atoms with E-state index in [9.17, 15) is 4.79 Å². The van der Waals surface area contributed by atoms with Gasteiger partial charge in [-0.1, -0.05) is 18.2 Å². The second kappa shape index (κ2) is 8.39. The van der Waals surface area contributed by atoms with Gasteiger partial charge in [0.05, 0.1) is 7.11 Å². The largest absolute Gasteiger partial charge is 0.497 e. The van der Waals surface area contributed by atoms with Crippen LogP contribution in [-0.4, -0.2) is 25.6 Å². The Kier molecular flexibility index (Phi) is 6.24. The molecule has 4 nitrogen and oxygen atoms in total. The van der Waals surface area contributed by atoms with Gasteiger partial charge in [-0.05, 0) is 68.1 Å². The van der Waals surface area contributed by atoms with Crippen molar-refractivity contribution in [1.29, 1.82) is 0 Å². The standard InChI is InChI=1S/C20H26N2O2/c1-14-5-8-18(13-15(14)2)22-16(3)20(23)21-12-11-17-6-9-19(24-4)10-7-17/h5-10,13,16,22H,11-12H2,1-4H3,(H,21,23)/t16-/m0/s1. The van der Waals surface area contributed by atoms with Gasteiger partial charge in [-0.15, -0.1) is 0 Å². The van der Waals surface area contributed by atoms with Crippen LogP contribution in [0.5, 0.6) is 5.75 Å². The zero-order valence-corrected chi connectivity index (χ0v) is 14.8. The molecular weight excluding hydrogens is 300 g/mol. The first-order valence-electron chi connectivity index (χ1n) is 8.24. The van der Waals surface area contributed by atoms with E-state index < -0.39 is 0 Å². The van der Waals surface area contributed by atoms with Crippen LogP contribution < -0.4 is 15.4 Å². The number of rotatable bonds is 7. The summed E-state index contributed by atoms with van der Waals surface area (Å²) in [7, 11) is 1.65. The van der Waals surface area contributed by atoms with Gasteiger partial charge in [0.1, 0.15) is 11.8 Å². The summed E-state index contributed by atoms with van der Waals surface area (Å²) in [6, 6.07) is 13.8. The summed E-state index contributed by atoms with van der Waals surface area (Å²) in [6.45, 7) is 6.64. The summed E-state index contributed by atoms with van der Waals surface area (Å²) < 4.78 is 5.14. The highest BCUT2D eigenvalue weighted by molar-refractivity contribution is 5.84. The Hall–Kier alpha value is -2.49. The van der Waals surface area contributed by atoms with Gasteiger partial charge in [0.25, 0.3) is 0 Å². The Morgan fingerprint density at radius 3 is 2.42 bits per heavy atom. The van der Waals surface area contributed by atoms with Crippen molar-refractivity contribution in [2.24, 2.45) is 0 Å². The van der Waals surface area contributed by atoms with E-state index >= 15 is 0 Å². The zero-order valence-electron chi connectivity index (χ0n) is 14.8. The Labute approximate surface area is 144 Å². The van der Waals surface area contributed by atoms with E-state index in [-0.39, 0.29) is 11.9 Å². The van der Waals surface area contributed by atoms with Gasteiger partial charge in [-0.3, -0.25) is 4.79 Å². The van der Waals surface area contributed by atoms with Crippen LogP contribution in [0.2, 0.25) is 0 Å². The van der Waals surface area contributed by atoms with E-state index in [4.69, 9.17) is 4.74 Å². The van der Waals surface area contributed by atoms with E-state index in [1.54, 1.807) is 7.11 Å². The summed E-state index contributed by atoms with van der Waals surface area (Å²) in [5.74, 6) is 0.843. The smallest absolute Gasteiger partial charge is 0.242 e. The number of hydrogen-bond donors (Lipinski definition) is 2. The van der Waals surface area contributed by atoms with Gasteiger partial charge in [-0.2, -0.15) is 0 Å². The number of nitrogens with one attached hydrogen (secondary N) is 2.